The van der Waals surface area contributed by atoms with Crippen LogP contribution in [0.25, 0.3) is 0 Å². The number of nitrogens with one attached hydrogen (secondary N) is 1. The van der Waals surface area contributed by atoms with Crippen molar-refractivity contribution in [3.63, 3.8) is 0 Å². The summed E-state index contributed by atoms with van der Waals surface area (Å²) in [5.74, 6) is 1.46. The van der Waals surface area contributed by atoms with E-state index in [4.69, 9.17) is 0 Å². The Bertz CT molecular complexity index is 518. The summed E-state index contributed by atoms with van der Waals surface area (Å²) in [5.41, 5.74) is 0. The maximum absolute atomic E-state index is 12.8. The highest BCUT2D eigenvalue weighted by molar-refractivity contribution is 7.99. The van der Waals surface area contributed by atoms with Crippen LogP contribution in [0, 0.1) is 5.95 Å². The summed E-state index contributed by atoms with van der Waals surface area (Å²) in [6.45, 7) is 1.37. The number of thioether (sulfide) groups is 1. The van der Waals surface area contributed by atoms with E-state index in [-0.39, 0.29) is 12.3 Å². The summed E-state index contributed by atoms with van der Waals surface area (Å²) < 4.78 is 38.4. The third-order valence-corrected chi connectivity index (χ3v) is 5.56. The van der Waals surface area contributed by atoms with Crippen molar-refractivity contribution < 1.29 is 12.8 Å². The van der Waals surface area contributed by atoms with Crippen molar-refractivity contribution in [2.75, 3.05) is 42.2 Å². The maximum Gasteiger partial charge on any atom is 0.215 e. The predicted molar refractivity (Wildman–Crippen MR) is 75.4 cm³/mol. The minimum Gasteiger partial charge on any atom is -0.369 e. The molecular weight excluding hydrogens is 289 g/mol. The van der Waals surface area contributed by atoms with Gasteiger partial charge < -0.3 is 5.32 Å². The lowest BCUT2D eigenvalue weighted by molar-refractivity contribution is 0.444. The van der Waals surface area contributed by atoms with Gasteiger partial charge >= 0.3 is 0 Å². The van der Waals surface area contributed by atoms with Crippen molar-refractivity contribution in [1.29, 1.82) is 0 Å². The first-order valence-electron chi connectivity index (χ1n) is 6.00. The van der Waals surface area contributed by atoms with Gasteiger partial charge in [-0.2, -0.15) is 16.2 Å². The van der Waals surface area contributed by atoms with E-state index in [2.05, 4.69) is 10.3 Å². The van der Waals surface area contributed by atoms with E-state index in [1.807, 2.05) is 0 Å². The summed E-state index contributed by atoms with van der Waals surface area (Å²) >= 11 is 1.76. The van der Waals surface area contributed by atoms with Crippen molar-refractivity contribution in [2.45, 2.75) is 0 Å². The van der Waals surface area contributed by atoms with E-state index >= 15 is 0 Å². The van der Waals surface area contributed by atoms with Gasteiger partial charge in [-0.1, -0.05) is 6.07 Å². The Morgan fingerprint density at radius 1 is 1.37 bits per heavy atom. The number of halogens is 1. The van der Waals surface area contributed by atoms with Gasteiger partial charge in [0.25, 0.3) is 0 Å². The zero-order chi connectivity index (χ0) is 13.7. The van der Waals surface area contributed by atoms with E-state index < -0.39 is 16.0 Å². The molecule has 0 aliphatic carbocycles. The van der Waals surface area contributed by atoms with Crippen molar-refractivity contribution in [3.8, 4) is 0 Å². The fraction of sp³-hybridized carbons (Fsp3) is 0.545. The number of hydrogen-bond donors (Lipinski definition) is 1. The zero-order valence-electron chi connectivity index (χ0n) is 10.4. The fourth-order valence-electron chi connectivity index (χ4n) is 1.77. The molecule has 1 aliphatic rings. The van der Waals surface area contributed by atoms with E-state index in [0.717, 1.165) is 11.5 Å². The third kappa shape index (κ3) is 4.32. The van der Waals surface area contributed by atoms with Crippen LogP contribution >= 0.6 is 11.8 Å². The highest BCUT2D eigenvalue weighted by Crippen LogP contribution is 2.13. The van der Waals surface area contributed by atoms with Crippen LogP contribution in [0.2, 0.25) is 0 Å². The van der Waals surface area contributed by atoms with Crippen molar-refractivity contribution in [1.82, 2.24) is 9.29 Å². The number of aromatic nitrogens is 1. The first kappa shape index (κ1) is 14.5. The fourth-order valence-corrected chi connectivity index (χ4v) is 4.26. The summed E-state index contributed by atoms with van der Waals surface area (Å²) in [6.07, 6.45) is 0. The van der Waals surface area contributed by atoms with E-state index in [1.165, 1.54) is 16.4 Å². The van der Waals surface area contributed by atoms with Gasteiger partial charge in [0.05, 0.1) is 5.75 Å². The molecule has 0 atom stereocenters. The van der Waals surface area contributed by atoms with Crippen LogP contribution in [0.15, 0.2) is 18.2 Å². The van der Waals surface area contributed by atoms with Gasteiger partial charge in [0.15, 0.2) is 0 Å². The van der Waals surface area contributed by atoms with Crippen LogP contribution in [-0.4, -0.2) is 54.6 Å². The van der Waals surface area contributed by atoms with E-state index in [9.17, 15) is 12.8 Å². The van der Waals surface area contributed by atoms with Gasteiger partial charge in [-0.25, -0.2) is 17.7 Å². The summed E-state index contributed by atoms with van der Waals surface area (Å²) in [4.78, 5) is 3.62. The lowest BCUT2D eigenvalue weighted by Crippen LogP contribution is -2.40. The second-order valence-corrected chi connectivity index (χ2v) is 7.41. The monoisotopic (exact) mass is 305 g/mol. The minimum atomic E-state index is -3.23. The van der Waals surface area contributed by atoms with Crippen LogP contribution in [0.3, 0.4) is 0 Å². The molecule has 1 aliphatic heterocycles. The van der Waals surface area contributed by atoms with Gasteiger partial charge in [-0.05, 0) is 12.1 Å². The number of pyridine rings is 1. The average Bonchev–Trinajstić information content (AvgIpc) is 2.40. The molecular formula is C11H16FN3O2S2. The van der Waals surface area contributed by atoms with Gasteiger partial charge in [-0.15, -0.1) is 0 Å². The van der Waals surface area contributed by atoms with Crippen molar-refractivity contribution >= 4 is 27.6 Å². The molecule has 0 aromatic carbocycles. The van der Waals surface area contributed by atoms with Crippen LogP contribution in [0.4, 0.5) is 10.2 Å². The van der Waals surface area contributed by atoms with Crippen molar-refractivity contribution in [3.05, 3.63) is 24.1 Å². The number of hydrogen-bond acceptors (Lipinski definition) is 5. The molecule has 1 aromatic rings. The first-order valence-corrected chi connectivity index (χ1v) is 8.76. The first-order chi connectivity index (χ1) is 9.08. The number of nitrogens with zero attached hydrogens (tertiary/aromatic N) is 2. The number of sulfonamides is 1. The molecule has 0 spiro atoms. The second-order valence-electron chi connectivity index (χ2n) is 4.10. The molecule has 0 unspecified atom stereocenters. The molecule has 1 aromatic heterocycles. The lowest BCUT2D eigenvalue weighted by atomic mass is 10.4. The average molecular weight is 305 g/mol. The van der Waals surface area contributed by atoms with Gasteiger partial charge in [-0.3, -0.25) is 0 Å². The number of rotatable bonds is 5. The van der Waals surface area contributed by atoms with Crippen LogP contribution in [-0.2, 0) is 10.0 Å². The summed E-state index contributed by atoms with van der Waals surface area (Å²) in [5, 5.41) is 2.82. The van der Waals surface area contributed by atoms with Crippen LogP contribution in [0.5, 0.6) is 0 Å². The Kier molecular flexibility index (Phi) is 5.00. The molecule has 0 radical (unpaired) electrons. The Morgan fingerprint density at radius 3 is 2.79 bits per heavy atom. The largest absolute Gasteiger partial charge is 0.369 e. The van der Waals surface area contributed by atoms with Gasteiger partial charge in [0.1, 0.15) is 5.82 Å². The Morgan fingerprint density at radius 2 is 2.11 bits per heavy atom. The predicted octanol–water partition coefficient (Wildman–Crippen LogP) is 1.01. The Balaban J connectivity index is 1.84. The van der Waals surface area contributed by atoms with E-state index in [1.54, 1.807) is 17.8 Å². The molecule has 1 saturated heterocycles. The molecule has 106 valence electrons. The van der Waals surface area contributed by atoms with Crippen LogP contribution in [0.1, 0.15) is 0 Å². The third-order valence-electron chi connectivity index (χ3n) is 2.74. The molecule has 2 rings (SSSR count). The van der Waals surface area contributed by atoms with Gasteiger partial charge in [0.2, 0.25) is 16.0 Å². The molecule has 19 heavy (non-hydrogen) atoms. The lowest BCUT2D eigenvalue weighted by Gasteiger charge is -2.25. The maximum atomic E-state index is 12.8. The normalized spacial score (nSPS) is 17.3. The molecule has 1 fully saturated rings. The Labute approximate surface area is 116 Å². The van der Waals surface area contributed by atoms with Crippen LogP contribution < -0.4 is 5.32 Å². The molecule has 2 heterocycles. The van der Waals surface area contributed by atoms with Gasteiger partial charge in [0, 0.05) is 31.1 Å². The summed E-state index contributed by atoms with van der Waals surface area (Å²) in [7, 11) is -3.23. The van der Waals surface area contributed by atoms with Crippen molar-refractivity contribution in [2.24, 2.45) is 0 Å². The smallest absolute Gasteiger partial charge is 0.215 e. The standard InChI is InChI=1S/C11H16FN3O2S2/c12-10-2-1-3-11(14-10)13-4-9-19(16,17)15-5-7-18-8-6-15/h1-3H,4-9H2,(H,13,14). The highest BCUT2D eigenvalue weighted by Gasteiger charge is 2.23. The Hall–Kier alpha value is -0.860. The molecule has 0 saturated carbocycles. The molecule has 8 heteroatoms. The second kappa shape index (κ2) is 6.53. The molecule has 0 bridgehead atoms. The molecule has 1 N–H and O–H groups in total. The minimum absolute atomic E-state index is 0.00411. The molecule has 5 nitrogen and oxygen atoms in total. The molecule has 0 amide bonds. The summed E-state index contributed by atoms with van der Waals surface area (Å²) in [6, 6.07) is 4.38. The number of anilines is 1. The zero-order valence-corrected chi connectivity index (χ0v) is 12.0. The quantitative estimate of drug-likeness (QED) is 0.823. The highest BCUT2D eigenvalue weighted by atomic mass is 32.2. The topological polar surface area (TPSA) is 62.3 Å². The van der Waals surface area contributed by atoms with E-state index in [0.29, 0.717) is 18.9 Å². The SMILES string of the molecule is O=S(=O)(CCNc1cccc(F)n1)N1CCSCC1.